The molecule has 0 atom stereocenters. The lowest BCUT2D eigenvalue weighted by Crippen LogP contribution is -2.28. The number of hydrogen-bond acceptors (Lipinski definition) is 0. The number of hydrogen-bond donors (Lipinski definition) is 0. The summed E-state index contributed by atoms with van der Waals surface area (Å²) in [6.45, 7) is 10.2. The normalized spacial score (nSPS) is 12.4. The molecule has 0 heterocycles. The second-order valence-electron chi connectivity index (χ2n) is 7.08. The zero-order valence-electron chi connectivity index (χ0n) is 18.8. The summed E-state index contributed by atoms with van der Waals surface area (Å²) in [6.07, 6.45) is 0. The molecule has 1 aliphatic rings. The van der Waals surface area contributed by atoms with Gasteiger partial charge in [0.15, 0.2) is 0 Å². The van der Waals surface area contributed by atoms with E-state index in [0.29, 0.717) is 0 Å². The van der Waals surface area contributed by atoms with Crippen molar-refractivity contribution in [3.8, 4) is 11.1 Å². The van der Waals surface area contributed by atoms with Gasteiger partial charge in [-0.2, -0.15) is 0 Å². The van der Waals surface area contributed by atoms with E-state index in [0.717, 1.165) is 0 Å². The Morgan fingerprint density at radius 3 is 1.50 bits per heavy atom. The minimum absolute atomic E-state index is 0.263. The van der Waals surface area contributed by atoms with Crippen LogP contribution < -0.4 is 0 Å². The van der Waals surface area contributed by atoms with Crippen molar-refractivity contribution in [2.24, 2.45) is 0 Å². The first-order valence-electron chi connectivity index (χ1n) is 11.1. The van der Waals surface area contributed by atoms with Gasteiger partial charge in [-0.1, -0.05) is 136 Å². The molecule has 0 radical (unpaired) electrons. The Hall–Kier alpha value is -3.12. The van der Waals surface area contributed by atoms with Gasteiger partial charge < -0.3 is 0 Å². The molecule has 4 aromatic rings. The molecule has 0 heteroatoms. The lowest BCUT2D eigenvalue weighted by molar-refractivity contribution is 0.767. The van der Waals surface area contributed by atoms with E-state index < -0.39 is 0 Å². The van der Waals surface area contributed by atoms with E-state index in [2.05, 4.69) is 110 Å². The van der Waals surface area contributed by atoms with E-state index in [9.17, 15) is 0 Å². The van der Waals surface area contributed by atoms with Crippen LogP contribution in [-0.2, 0) is 5.41 Å². The van der Waals surface area contributed by atoms with Crippen molar-refractivity contribution < 1.29 is 0 Å². The van der Waals surface area contributed by atoms with Crippen LogP contribution in [0.5, 0.6) is 0 Å². The van der Waals surface area contributed by atoms with E-state index >= 15 is 0 Å². The summed E-state index contributed by atoms with van der Waals surface area (Å²) in [5.41, 5.74) is 9.13. The van der Waals surface area contributed by atoms with Crippen LogP contribution in [0.3, 0.4) is 0 Å². The molecule has 0 spiro atoms. The Kier molecular flexibility index (Phi) is 6.90. The molecule has 0 saturated heterocycles. The topological polar surface area (TPSA) is 0 Å². The van der Waals surface area contributed by atoms with Gasteiger partial charge in [-0.25, -0.2) is 0 Å². The van der Waals surface area contributed by atoms with Crippen molar-refractivity contribution in [2.45, 2.75) is 40.0 Å². The predicted molar refractivity (Wildman–Crippen MR) is 131 cm³/mol. The third kappa shape index (κ3) is 3.37. The van der Waals surface area contributed by atoms with Crippen LogP contribution in [0.15, 0.2) is 103 Å². The monoisotopic (exact) mass is 392 g/mol. The number of benzene rings is 4. The fourth-order valence-electron chi connectivity index (χ4n) is 4.56. The first kappa shape index (κ1) is 21.6. The molecule has 0 amide bonds. The van der Waals surface area contributed by atoms with Gasteiger partial charge in [0.05, 0.1) is 5.41 Å². The lowest BCUT2D eigenvalue weighted by atomic mass is 9.67. The number of fused-ring (bicyclic) bond motifs is 3. The van der Waals surface area contributed by atoms with Gasteiger partial charge in [0, 0.05) is 0 Å². The largest absolute Gasteiger partial charge is 0.0713 e. The van der Waals surface area contributed by atoms with E-state index in [1.165, 1.54) is 38.9 Å². The third-order valence-electron chi connectivity index (χ3n) is 5.61. The molecule has 30 heavy (non-hydrogen) atoms. The maximum atomic E-state index is 2.37. The van der Waals surface area contributed by atoms with Crippen LogP contribution >= 0.6 is 0 Å². The highest BCUT2D eigenvalue weighted by molar-refractivity contribution is 5.86. The minimum atomic E-state index is -0.263. The SMILES string of the molecule is CC.CC.Cc1ccc2c(c1)C(c1ccccc1)(c1ccccc1)c1ccccc1-2. The highest BCUT2D eigenvalue weighted by Crippen LogP contribution is 2.55. The predicted octanol–water partition coefficient (Wildman–Crippen LogP) is 8.41. The van der Waals surface area contributed by atoms with Gasteiger partial charge in [-0.3, -0.25) is 0 Å². The molecular formula is C30H32. The fourth-order valence-corrected chi connectivity index (χ4v) is 4.56. The number of rotatable bonds is 2. The molecule has 0 saturated carbocycles. The van der Waals surface area contributed by atoms with Gasteiger partial charge in [0.1, 0.15) is 0 Å². The molecule has 0 aliphatic heterocycles. The van der Waals surface area contributed by atoms with Gasteiger partial charge in [-0.15, -0.1) is 0 Å². The Labute approximate surface area is 182 Å². The molecule has 0 aromatic heterocycles. The van der Waals surface area contributed by atoms with E-state index in [1.54, 1.807) is 0 Å². The van der Waals surface area contributed by atoms with Gasteiger partial charge >= 0.3 is 0 Å². The molecule has 152 valence electrons. The summed E-state index contributed by atoms with van der Waals surface area (Å²) in [4.78, 5) is 0. The van der Waals surface area contributed by atoms with Crippen LogP contribution in [0.2, 0.25) is 0 Å². The van der Waals surface area contributed by atoms with Crippen LogP contribution in [0, 0.1) is 6.92 Å². The zero-order valence-corrected chi connectivity index (χ0v) is 18.8. The molecule has 0 N–H and O–H groups in total. The van der Waals surface area contributed by atoms with Crippen LogP contribution in [-0.4, -0.2) is 0 Å². The average molecular weight is 393 g/mol. The molecular weight excluding hydrogens is 360 g/mol. The maximum absolute atomic E-state index is 2.37. The molecule has 0 nitrogen and oxygen atoms in total. The Morgan fingerprint density at radius 1 is 0.467 bits per heavy atom. The highest BCUT2D eigenvalue weighted by atomic mass is 14.5. The molecule has 0 bridgehead atoms. The van der Waals surface area contributed by atoms with E-state index in [1.807, 2.05) is 27.7 Å². The quantitative estimate of drug-likeness (QED) is 0.283. The van der Waals surface area contributed by atoms with Crippen molar-refractivity contribution >= 4 is 0 Å². The van der Waals surface area contributed by atoms with Gasteiger partial charge in [-0.05, 0) is 40.3 Å². The second kappa shape index (κ2) is 9.59. The fraction of sp³-hybridized carbons (Fsp3) is 0.200. The molecule has 5 rings (SSSR count). The molecule has 4 aromatic carbocycles. The van der Waals surface area contributed by atoms with Crippen LogP contribution in [0.4, 0.5) is 0 Å². The summed E-state index contributed by atoms with van der Waals surface area (Å²) in [5.74, 6) is 0. The maximum Gasteiger partial charge on any atom is 0.0713 e. The third-order valence-corrected chi connectivity index (χ3v) is 5.61. The Bertz CT molecular complexity index is 1040. The van der Waals surface area contributed by atoms with Crippen molar-refractivity contribution in [3.05, 3.63) is 131 Å². The second-order valence-corrected chi connectivity index (χ2v) is 7.08. The van der Waals surface area contributed by atoms with Crippen molar-refractivity contribution in [3.63, 3.8) is 0 Å². The minimum Gasteiger partial charge on any atom is -0.0683 e. The Balaban J connectivity index is 0.000000606. The molecule has 0 fully saturated rings. The first-order chi connectivity index (χ1) is 14.8. The Morgan fingerprint density at radius 2 is 0.933 bits per heavy atom. The first-order valence-corrected chi connectivity index (χ1v) is 11.1. The smallest absolute Gasteiger partial charge is 0.0683 e. The van der Waals surface area contributed by atoms with Crippen LogP contribution in [0.25, 0.3) is 11.1 Å². The van der Waals surface area contributed by atoms with Crippen molar-refractivity contribution in [1.29, 1.82) is 0 Å². The van der Waals surface area contributed by atoms with Gasteiger partial charge in [0.2, 0.25) is 0 Å². The van der Waals surface area contributed by atoms with Crippen molar-refractivity contribution in [2.75, 3.05) is 0 Å². The number of aryl methyl sites for hydroxylation is 1. The highest BCUT2D eigenvalue weighted by Gasteiger charge is 2.45. The summed E-state index contributed by atoms with van der Waals surface area (Å²) >= 11 is 0. The summed E-state index contributed by atoms with van der Waals surface area (Å²) in [7, 11) is 0. The van der Waals surface area contributed by atoms with Crippen molar-refractivity contribution in [1.82, 2.24) is 0 Å². The molecule has 0 unspecified atom stereocenters. The van der Waals surface area contributed by atoms with E-state index in [4.69, 9.17) is 0 Å². The lowest BCUT2D eigenvalue weighted by Gasteiger charge is -2.34. The summed E-state index contributed by atoms with van der Waals surface area (Å²) in [5, 5.41) is 0. The summed E-state index contributed by atoms with van der Waals surface area (Å²) < 4.78 is 0. The van der Waals surface area contributed by atoms with E-state index in [-0.39, 0.29) is 5.41 Å². The summed E-state index contributed by atoms with van der Waals surface area (Å²) in [6, 6.07) is 37.6. The standard InChI is InChI=1S/C26H20.2C2H6/c1-19-16-17-23-22-14-8-9-15-24(22)26(25(23)18-19,20-10-4-2-5-11-20)21-12-6-3-7-13-21;2*1-2/h2-18H,1H3;2*1-2H3. The van der Waals surface area contributed by atoms with Crippen LogP contribution in [0.1, 0.15) is 55.5 Å². The average Bonchev–Trinajstić information content (AvgIpc) is 3.13. The van der Waals surface area contributed by atoms with Gasteiger partial charge in [0.25, 0.3) is 0 Å². The molecule has 1 aliphatic carbocycles. The zero-order chi connectivity index (χ0) is 21.6.